The number of rotatable bonds is 4. The van der Waals surface area contributed by atoms with Crippen LogP contribution in [0.1, 0.15) is 39.2 Å². The molecule has 0 bridgehead atoms. The highest BCUT2D eigenvalue weighted by Gasteiger charge is 2.33. The highest BCUT2D eigenvalue weighted by Crippen LogP contribution is 2.34. The number of amides is 1. The van der Waals surface area contributed by atoms with Crippen LogP contribution >= 0.6 is 11.6 Å². The topological polar surface area (TPSA) is 71.5 Å². The van der Waals surface area contributed by atoms with Gasteiger partial charge in [-0.15, -0.1) is 0 Å². The summed E-state index contributed by atoms with van der Waals surface area (Å²) in [7, 11) is 0. The summed E-state index contributed by atoms with van der Waals surface area (Å²) in [6.07, 6.45) is -2.90. The summed E-state index contributed by atoms with van der Waals surface area (Å²) < 4.78 is 43.2. The molecule has 0 radical (unpaired) electrons. The summed E-state index contributed by atoms with van der Waals surface area (Å²) in [6, 6.07) is 0.845. The van der Waals surface area contributed by atoms with E-state index in [1.165, 1.54) is 0 Å². The Kier molecular flexibility index (Phi) is 6.80. The second kappa shape index (κ2) is 8.55. The molecule has 6 nitrogen and oxygen atoms in total. The quantitative estimate of drug-likeness (QED) is 0.754. The molecule has 2 heterocycles. The number of nitrogens with one attached hydrogen (secondary N) is 1. The molecule has 1 amide bonds. The van der Waals surface area contributed by atoms with Gasteiger partial charge >= 0.3 is 12.1 Å². The van der Waals surface area contributed by atoms with Gasteiger partial charge in [0.05, 0.1) is 16.5 Å². The zero-order valence-electron chi connectivity index (χ0n) is 15.9. The molecule has 0 unspecified atom stereocenters. The second-order valence-corrected chi connectivity index (χ2v) is 8.10. The van der Waals surface area contributed by atoms with E-state index >= 15 is 0 Å². The molecule has 1 fully saturated rings. The van der Waals surface area contributed by atoms with Gasteiger partial charge in [0.15, 0.2) is 6.61 Å². The van der Waals surface area contributed by atoms with Crippen molar-refractivity contribution < 1.29 is 27.5 Å². The predicted molar refractivity (Wildman–Crippen MR) is 98.0 cm³/mol. The number of anilines is 1. The Morgan fingerprint density at radius 3 is 2.39 bits per heavy atom. The van der Waals surface area contributed by atoms with E-state index in [1.807, 2.05) is 20.8 Å². The van der Waals surface area contributed by atoms with Gasteiger partial charge in [-0.05, 0) is 39.7 Å². The van der Waals surface area contributed by atoms with Crippen molar-refractivity contribution in [2.24, 2.45) is 5.92 Å². The van der Waals surface area contributed by atoms with E-state index < -0.39 is 23.2 Å². The molecule has 156 valence electrons. The number of hydrogen-bond acceptors (Lipinski definition) is 5. The molecule has 28 heavy (non-hydrogen) atoms. The van der Waals surface area contributed by atoms with Crippen molar-refractivity contribution in [2.45, 2.75) is 45.3 Å². The van der Waals surface area contributed by atoms with Crippen LogP contribution in [-0.4, -0.2) is 42.1 Å². The van der Waals surface area contributed by atoms with E-state index in [0.717, 1.165) is 12.3 Å². The van der Waals surface area contributed by atoms with Crippen molar-refractivity contribution in [3.05, 3.63) is 22.8 Å². The van der Waals surface area contributed by atoms with E-state index in [2.05, 4.69) is 10.3 Å². The van der Waals surface area contributed by atoms with Crippen LogP contribution in [0.15, 0.2) is 12.3 Å². The Labute approximate surface area is 166 Å². The number of ether oxygens (including phenoxy) is 1. The van der Waals surface area contributed by atoms with Gasteiger partial charge in [0.1, 0.15) is 5.82 Å². The maximum atomic E-state index is 12.7. The van der Waals surface area contributed by atoms with E-state index in [0.29, 0.717) is 25.9 Å². The van der Waals surface area contributed by atoms with E-state index in [4.69, 9.17) is 16.3 Å². The maximum absolute atomic E-state index is 12.7. The first-order valence-electron chi connectivity index (χ1n) is 8.82. The Balaban J connectivity index is 1.87. The molecule has 1 aromatic heterocycles. The fraction of sp³-hybridized carbons (Fsp3) is 0.611. The average molecular weight is 422 g/mol. The van der Waals surface area contributed by atoms with Gasteiger partial charge in [0.2, 0.25) is 0 Å². The Bertz CT molecular complexity index is 727. The van der Waals surface area contributed by atoms with Crippen molar-refractivity contribution in [2.75, 3.05) is 24.6 Å². The number of alkyl halides is 3. The number of carbonyl (C=O) groups is 2. The molecule has 0 atom stereocenters. The van der Waals surface area contributed by atoms with Crippen molar-refractivity contribution in [3.63, 3.8) is 0 Å². The summed E-state index contributed by atoms with van der Waals surface area (Å²) in [4.78, 5) is 29.4. The van der Waals surface area contributed by atoms with Crippen LogP contribution < -0.4 is 10.2 Å². The van der Waals surface area contributed by atoms with Crippen LogP contribution in [0.2, 0.25) is 5.02 Å². The molecule has 0 aliphatic carbocycles. The minimum Gasteiger partial charge on any atom is -0.455 e. The third kappa shape index (κ3) is 6.25. The fourth-order valence-electron chi connectivity index (χ4n) is 2.85. The van der Waals surface area contributed by atoms with Crippen LogP contribution in [0.5, 0.6) is 0 Å². The third-order valence-electron chi connectivity index (χ3n) is 4.14. The summed E-state index contributed by atoms with van der Waals surface area (Å²) in [5.74, 6) is -0.966. The normalized spacial score (nSPS) is 16.0. The zero-order valence-corrected chi connectivity index (χ0v) is 16.7. The van der Waals surface area contributed by atoms with Gasteiger partial charge in [0.25, 0.3) is 5.91 Å². The van der Waals surface area contributed by atoms with Gasteiger partial charge in [-0.2, -0.15) is 13.2 Å². The van der Waals surface area contributed by atoms with Gasteiger partial charge in [-0.3, -0.25) is 9.59 Å². The Morgan fingerprint density at radius 2 is 1.89 bits per heavy atom. The lowest BCUT2D eigenvalue weighted by Gasteiger charge is -2.32. The highest BCUT2D eigenvalue weighted by molar-refractivity contribution is 6.33. The molecule has 0 aromatic carbocycles. The molecule has 1 N–H and O–H groups in total. The fourth-order valence-corrected chi connectivity index (χ4v) is 3.14. The van der Waals surface area contributed by atoms with Gasteiger partial charge < -0.3 is 15.0 Å². The first-order chi connectivity index (χ1) is 12.9. The van der Waals surface area contributed by atoms with Crippen LogP contribution in [-0.2, 0) is 20.5 Å². The number of halogens is 4. The lowest BCUT2D eigenvalue weighted by atomic mass is 9.97. The molecule has 0 saturated carbocycles. The van der Waals surface area contributed by atoms with Crippen molar-refractivity contribution in [1.82, 2.24) is 10.3 Å². The molecule has 1 aliphatic heterocycles. The Hall–Kier alpha value is -2.03. The number of esters is 1. The van der Waals surface area contributed by atoms with E-state index in [-0.39, 0.29) is 29.3 Å². The molecular formula is C18H23ClF3N3O3. The SMILES string of the molecule is CC(C)(C)NC(=O)COC(=O)C1CCN(c2ncc(C(F)(F)F)cc2Cl)CC1. The largest absolute Gasteiger partial charge is 0.455 e. The summed E-state index contributed by atoms with van der Waals surface area (Å²) in [5, 5.41) is 2.61. The second-order valence-electron chi connectivity index (χ2n) is 7.69. The molecule has 10 heteroatoms. The molecule has 1 aliphatic rings. The maximum Gasteiger partial charge on any atom is 0.417 e. The lowest BCUT2D eigenvalue weighted by Crippen LogP contribution is -2.43. The number of piperidine rings is 1. The minimum atomic E-state index is -4.51. The molecule has 1 saturated heterocycles. The van der Waals surface area contributed by atoms with Crippen LogP contribution in [0.3, 0.4) is 0 Å². The van der Waals surface area contributed by atoms with Crippen LogP contribution in [0.25, 0.3) is 0 Å². The molecule has 0 spiro atoms. The summed E-state index contributed by atoms with van der Waals surface area (Å²) in [6.45, 7) is 5.91. The molecular weight excluding hydrogens is 399 g/mol. The number of nitrogens with zero attached hydrogens (tertiary/aromatic N) is 2. The number of carbonyl (C=O) groups excluding carboxylic acids is 2. The van der Waals surface area contributed by atoms with Gasteiger partial charge in [0, 0.05) is 24.8 Å². The first-order valence-corrected chi connectivity index (χ1v) is 9.20. The van der Waals surface area contributed by atoms with Crippen molar-refractivity contribution in [3.8, 4) is 0 Å². The zero-order chi connectivity index (χ0) is 21.1. The van der Waals surface area contributed by atoms with E-state index in [9.17, 15) is 22.8 Å². The number of pyridine rings is 1. The smallest absolute Gasteiger partial charge is 0.417 e. The van der Waals surface area contributed by atoms with Gasteiger partial charge in [-0.1, -0.05) is 11.6 Å². The first kappa shape index (κ1) is 22.3. The summed E-state index contributed by atoms with van der Waals surface area (Å²) >= 11 is 5.96. The standard InChI is InChI=1S/C18H23ClF3N3O3/c1-17(2,3)24-14(26)10-28-16(27)11-4-6-25(7-5-11)15-13(19)8-12(9-23-15)18(20,21)22/h8-9,11H,4-7,10H2,1-3H3,(H,24,26). The monoisotopic (exact) mass is 421 g/mol. The third-order valence-corrected chi connectivity index (χ3v) is 4.41. The Morgan fingerprint density at radius 1 is 1.29 bits per heavy atom. The van der Waals surface area contributed by atoms with Crippen molar-refractivity contribution in [1.29, 1.82) is 0 Å². The number of aromatic nitrogens is 1. The predicted octanol–water partition coefficient (Wildman–Crippen LogP) is 3.43. The molecule has 2 rings (SSSR count). The van der Waals surface area contributed by atoms with Gasteiger partial charge in [-0.25, -0.2) is 4.98 Å². The van der Waals surface area contributed by atoms with Crippen LogP contribution in [0.4, 0.5) is 19.0 Å². The number of hydrogen-bond donors (Lipinski definition) is 1. The van der Waals surface area contributed by atoms with E-state index in [1.54, 1.807) is 4.90 Å². The summed E-state index contributed by atoms with van der Waals surface area (Å²) in [5.41, 5.74) is -1.32. The average Bonchev–Trinajstić information content (AvgIpc) is 2.57. The minimum absolute atomic E-state index is 0.0882. The van der Waals surface area contributed by atoms with Crippen LogP contribution in [0, 0.1) is 5.92 Å². The van der Waals surface area contributed by atoms with Crippen molar-refractivity contribution >= 4 is 29.3 Å². The lowest BCUT2D eigenvalue weighted by molar-refractivity contribution is -0.153. The highest BCUT2D eigenvalue weighted by atomic mass is 35.5. The molecule has 1 aromatic rings.